The Morgan fingerprint density at radius 1 is 1.10 bits per heavy atom. The van der Waals surface area contributed by atoms with Gasteiger partial charge in [-0.3, -0.25) is 4.90 Å². The van der Waals surface area contributed by atoms with Gasteiger partial charge in [-0.05, 0) is 43.6 Å². The zero-order valence-corrected chi connectivity index (χ0v) is 12.7. The van der Waals surface area contributed by atoms with E-state index in [1.54, 1.807) is 24.2 Å². The first-order valence-corrected chi connectivity index (χ1v) is 8.31. The molecule has 0 saturated carbocycles. The van der Waals surface area contributed by atoms with Crippen LogP contribution in [-0.2, 0) is 6.54 Å². The molecule has 21 heavy (non-hydrogen) atoms. The summed E-state index contributed by atoms with van der Waals surface area (Å²) in [5.74, 6) is 0.866. The normalized spacial score (nSPS) is 17.7. The summed E-state index contributed by atoms with van der Waals surface area (Å²) >= 11 is 1.69. The number of hydrogen-bond acceptors (Lipinski definition) is 5. The Morgan fingerprint density at radius 2 is 1.95 bits per heavy atom. The van der Waals surface area contributed by atoms with Crippen LogP contribution in [0.5, 0.6) is 0 Å². The first-order chi connectivity index (χ1) is 10.4. The Kier molecular flexibility index (Phi) is 3.53. The average Bonchev–Trinajstić information content (AvgIpc) is 2.54. The second-order valence-electron chi connectivity index (χ2n) is 5.60. The molecule has 0 bridgehead atoms. The molecule has 108 valence electrons. The number of likely N-dealkylation sites (tertiary alicyclic amines) is 1. The van der Waals surface area contributed by atoms with Crippen LogP contribution in [0.2, 0.25) is 0 Å². The van der Waals surface area contributed by atoms with Crippen LogP contribution in [0.15, 0.2) is 40.5 Å². The highest BCUT2D eigenvalue weighted by molar-refractivity contribution is 7.99. The number of nitrogens with one attached hydrogen (secondary N) is 1. The molecule has 2 aromatic rings. The standard InChI is InChI=1S/C16H18N4S/c1-2-8-20(9-3-1)11-12-4-5-14-13(10-12)19-15-16(21-14)18-7-6-17-15/h4-7,10H,1-3,8-9,11H2,(H,17,19). The van der Waals surface area contributed by atoms with Crippen molar-refractivity contribution in [1.29, 1.82) is 0 Å². The molecule has 2 aliphatic rings. The molecule has 4 nitrogen and oxygen atoms in total. The van der Waals surface area contributed by atoms with E-state index in [-0.39, 0.29) is 0 Å². The molecular formula is C16H18N4S. The topological polar surface area (TPSA) is 41.1 Å². The first kappa shape index (κ1) is 13.1. The van der Waals surface area contributed by atoms with Gasteiger partial charge in [0.2, 0.25) is 0 Å². The van der Waals surface area contributed by atoms with Gasteiger partial charge in [0.25, 0.3) is 0 Å². The van der Waals surface area contributed by atoms with Crippen molar-refractivity contribution in [3.8, 4) is 0 Å². The molecule has 5 heteroatoms. The molecule has 1 N–H and O–H groups in total. The van der Waals surface area contributed by atoms with Crippen LogP contribution < -0.4 is 5.32 Å². The van der Waals surface area contributed by atoms with Crippen molar-refractivity contribution in [1.82, 2.24) is 14.9 Å². The summed E-state index contributed by atoms with van der Waals surface area (Å²) in [5.41, 5.74) is 2.53. The first-order valence-electron chi connectivity index (χ1n) is 7.50. The highest BCUT2D eigenvalue weighted by Gasteiger charge is 2.18. The lowest BCUT2D eigenvalue weighted by molar-refractivity contribution is 0.221. The van der Waals surface area contributed by atoms with Crippen molar-refractivity contribution in [3.63, 3.8) is 0 Å². The van der Waals surface area contributed by atoms with Crippen LogP contribution in [0.4, 0.5) is 11.5 Å². The number of aromatic nitrogens is 2. The van der Waals surface area contributed by atoms with Gasteiger partial charge in [0.1, 0.15) is 5.03 Å². The van der Waals surface area contributed by atoms with Crippen molar-refractivity contribution in [2.24, 2.45) is 0 Å². The van der Waals surface area contributed by atoms with E-state index in [2.05, 4.69) is 38.4 Å². The average molecular weight is 298 g/mol. The summed E-state index contributed by atoms with van der Waals surface area (Å²) in [6, 6.07) is 6.70. The van der Waals surface area contributed by atoms with E-state index in [4.69, 9.17) is 0 Å². The van der Waals surface area contributed by atoms with E-state index in [1.165, 1.54) is 42.8 Å². The van der Waals surface area contributed by atoms with Crippen LogP contribution in [0, 0.1) is 0 Å². The van der Waals surface area contributed by atoms with Gasteiger partial charge in [0.15, 0.2) is 5.82 Å². The molecular weight excluding hydrogens is 280 g/mol. The second kappa shape index (κ2) is 5.66. The fraction of sp³-hybridized carbons (Fsp3) is 0.375. The minimum atomic E-state index is 0.866. The van der Waals surface area contributed by atoms with Gasteiger partial charge in [-0.15, -0.1) is 0 Å². The lowest BCUT2D eigenvalue weighted by Crippen LogP contribution is -2.29. The number of nitrogens with zero attached hydrogens (tertiary/aromatic N) is 3. The van der Waals surface area contributed by atoms with Crippen molar-refractivity contribution in [3.05, 3.63) is 36.2 Å². The number of benzene rings is 1. The summed E-state index contributed by atoms with van der Waals surface area (Å²) in [7, 11) is 0. The number of piperidine rings is 1. The summed E-state index contributed by atoms with van der Waals surface area (Å²) in [6.45, 7) is 3.51. The maximum absolute atomic E-state index is 4.36. The molecule has 3 heterocycles. The molecule has 0 radical (unpaired) electrons. The Bertz CT molecular complexity index is 652. The number of anilines is 2. The summed E-state index contributed by atoms with van der Waals surface area (Å²) in [4.78, 5) is 12.5. The maximum Gasteiger partial charge on any atom is 0.163 e. The predicted octanol–water partition coefficient (Wildman–Crippen LogP) is 3.67. The van der Waals surface area contributed by atoms with Crippen molar-refractivity contribution in [2.75, 3.05) is 18.4 Å². The Hall–Kier alpha value is -1.59. The van der Waals surface area contributed by atoms with E-state index in [0.29, 0.717) is 0 Å². The van der Waals surface area contributed by atoms with Gasteiger partial charge < -0.3 is 5.32 Å². The van der Waals surface area contributed by atoms with Crippen LogP contribution in [0.3, 0.4) is 0 Å². The van der Waals surface area contributed by atoms with Crippen LogP contribution in [0.25, 0.3) is 0 Å². The molecule has 0 atom stereocenters. The second-order valence-corrected chi connectivity index (χ2v) is 6.64. The highest BCUT2D eigenvalue weighted by atomic mass is 32.2. The lowest BCUT2D eigenvalue weighted by Gasteiger charge is -2.27. The third-order valence-corrected chi connectivity index (χ3v) is 5.09. The monoisotopic (exact) mass is 298 g/mol. The molecule has 1 fully saturated rings. The molecule has 0 amide bonds. The Labute approximate surface area is 129 Å². The maximum atomic E-state index is 4.36. The van der Waals surface area contributed by atoms with Gasteiger partial charge >= 0.3 is 0 Å². The summed E-state index contributed by atoms with van der Waals surface area (Å²) in [5, 5.41) is 4.36. The highest BCUT2D eigenvalue weighted by Crippen LogP contribution is 2.42. The minimum Gasteiger partial charge on any atom is -0.337 e. The van der Waals surface area contributed by atoms with Gasteiger partial charge in [-0.25, -0.2) is 9.97 Å². The van der Waals surface area contributed by atoms with E-state index in [9.17, 15) is 0 Å². The van der Waals surface area contributed by atoms with Gasteiger partial charge in [0.05, 0.1) is 5.69 Å². The Balaban J connectivity index is 1.55. The van der Waals surface area contributed by atoms with E-state index >= 15 is 0 Å². The predicted molar refractivity (Wildman–Crippen MR) is 85.0 cm³/mol. The quantitative estimate of drug-likeness (QED) is 0.781. The van der Waals surface area contributed by atoms with Crippen molar-refractivity contribution in [2.45, 2.75) is 35.7 Å². The third kappa shape index (κ3) is 2.76. The van der Waals surface area contributed by atoms with Gasteiger partial charge in [-0.2, -0.15) is 0 Å². The van der Waals surface area contributed by atoms with Gasteiger partial charge in [0, 0.05) is 23.8 Å². The van der Waals surface area contributed by atoms with E-state index in [1.807, 2.05) is 0 Å². The lowest BCUT2D eigenvalue weighted by atomic mass is 10.1. The van der Waals surface area contributed by atoms with Crippen LogP contribution in [0.1, 0.15) is 24.8 Å². The number of hydrogen-bond donors (Lipinski definition) is 1. The molecule has 0 spiro atoms. The largest absolute Gasteiger partial charge is 0.337 e. The van der Waals surface area contributed by atoms with Crippen molar-refractivity contribution < 1.29 is 0 Å². The van der Waals surface area contributed by atoms with Crippen LogP contribution in [-0.4, -0.2) is 28.0 Å². The fourth-order valence-electron chi connectivity index (χ4n) is 2.96. The smallest absolute Gasteiger partial charge is 0.163 e. The fourth-order valence-corrected chi connectivity index (χ4v) is 3.83. The molecule has 1 aromatic heterocycles. The van der Waals surface area contributed by atoms with E-state index in [0.717, 1.165) is 23.1 Å². The van der Waals surface area contributed by atoms with Gasteiger partial charge in [-0.1, -0.05) is 24.2 Å². The zero-order chi connectivity index (χ0) is 14.1. The molecule has 1 saturated heterocycles. The van der Waals surface area contributed by atoms with E-state index < -0.39 is 0 Å². The summed E-state index contributed by atoms with van der Waals surface area (Å²) in [6.07, 6.45) is 7.52. The molecule has 0 unspecified atom stereocenters. The Morgan fingerprint density at radius 3 is 2.86 bits per heavy atom. The minimum absolute atomic E-state index is 0.866. The third-order valence-electron chi connectivity index (χ3n) is 4.02. The molecule has 0 aliphatic carbocycles. The SMILES string of the molecule is c1cnc2c(n1)Nc1cc(CN3CCCCC3)ccc1S2. The van der Waals surface area contributed by atoms with Crippen LogP contribution >= 0.6 is 11.8 Å². The zero-order valence-electron chi connectivity index (χ0n) is 11.9. The summed E-state index contributed by atoms with van der Waals surface area (Å²) < 4.78 is 0. The number of rotatable bonds is 2. The number of fused-ring (bicyclic) bond motifs is 2. The van der Waals surface area contributed by atoms with Crippen molar-refractivity contribution >= 4 is 23.3 Å². The molecule has 2 aliphatic heterocycles. The molecule has 4 rings (SSSR count). The molecule has 1 aromatic carbocycles.